The Morgan fingerprint density at radius 1 is 1.15 bits per heavy atom. The Bertz CT molecular complexity index is 648. The molecule has 150 valence electrons. The lowest BCUT2D eigenvalue weighted by molar-refractivity contribution is 0.569. The molecule has 0 fully saturated rings. The number of sulfonamides is 1. The van der Waals surface area contributed by atoms with E-state index in [1.165, 1.54) is 19.3 Å². The number of unbranched alkanes of at least 4 members (excludes halogenated alkanes) is 3. The van der Waals surface area contributed by atoms with Gasteiger partial charge in [0, 0.05) is 12.6 Å². The highest BCUT2D eigenvalue weighted by atomic mass is 127. The molecule has 0 atom stereocenters. The molecule has 0 heterocycles. The van der Waals surface area contributed by atoms with E-state index >= 15 is 0 Å². The summed E-state index contributed by atoms with van der Waals surface area (Å²) in [5.41, 5.74) is 7.50. The van der Waals surface area contributed by atoms with Crippen LogP contribution in [0.15, 0.2) is 29.3 Å². The molecule has 1 rings (SSSR count). The minimum Gasteiger partial charge on any atom is -0.370 e. The Balaban J connectivity index is 0.00000625. The van der Waals surface area contributed by atoms with Crippen molar-refractivity contribution in [3.05, 3.63) is 35.4 Å². The summed E-state index contributed by atoms with van der Waals surface area (Å²) in [5.74, 6) is 0.343. The molecule has 0 aliphatic heterocycles. The third kappa shape index (κ3) is 11.0. The maximum absolute atomic E-state index is 12.1. The van der Waals surface area contributed by atoms with Gasteiger partial charge in [0.2, 0.25) is 10.0 Å². The van der Waals surface area contributed by atoms with Gasteiger partial charge in [-0.2, -0.15) is 0 Å². The number of benzene rings is 1. The van der Waals surface area contributed by atoms with Gasteiger partial charge in [-0.3, -0.25) is 0 Å². The first kappa shape index (κ1) is 25.1. The zero-order chi connectivity index (χ0) is 18.7. The van der Waals surface area contributed by atoms with Gasteiger partial charge in [-0.25, -0.2) is 18.1 Å². The van der Waals surface area contributed by atoms with Gasteiger partial charge < -0.3 is 11.1 Å². The van der Waals surface area contributed by atoms with Crippen LogP contribution in [0.2, 0.25) is 0 Å². The van der Waals surface area contributed by atoms with E-state index < -0.39 is 10.0 Å². The highest BCUT2D eigenvalue weighted by molar-refractivity contribution is 14.0. The second-order valence-electron chi connectivity index (χ2n) is 6.49. The first-order valence-electron chi connectivity index (χ1n) is 8.94. The molecule has 0 saturated heterocycles. The Morgan fingerprint density at radius 3 is 2.42 bits per heavy atom. The van der Waals surface area contributed by atoms with E-state index in [1.807, 2.05) is 24.3 Å². The number of nitrogens with zero attached hydrogens (tertiary/aromatic N) is 1. The Hall–Kier alpha value is -0.870. The van der Waals surface area contributed by atoms with E-state index in [-0.39, 0.29) is 35.8 Å². The number of aliphatic imine (C=N–C) groups is 1. The van der Waals surface area contributed by atoms with Gasteiger partial charge in [-0.1, -0.05) is 50.5 Å². The highest BCUT2D eigenvalue weighted by Crippen LogP contribution is 2.13. The quantitative estimate of drug-likeness (QED) is 0.190. The fourth-order valence-corrected chi connectivity index (χ4v) is 3.95. The summed E-state index contributed by atoms with van der Waals surface area (Å²) < 4.78 is 26.9. The van der Waals surface area contributed by atoms with E-state index in [9.17, 15) is 8.42 Å². The molecular formula is C18H33IN4O2S. The average molecular weight is 496 g/mol. The van der Waals surface area contributed by atoms with Crippen LogP contribution in [0.3, 0.4) is 0 Å². The van der Waals surface area contributed by atoms with Crippen LogP contribution >= 0.6 is 24.0 Å². The van der Waals surface area contributed by atoms with Crippen LogP contribution in [0, 0.1) is 0 Å². The molecule has 4 N–H and O–H groups in total. The number of hydrogen-bond acceptors (Lipinski definition) is 3. The number of nitrogens with one attached hydrogen (secondary N) is 2. The van der Waals surface area contributed by atoms with E-state index in [0.717, 1.165) is 24.1 Å². The Kier molecular flexibility index (Phi) is 12.9. The second-order valence-corrected chi connectivity index (χ2v) is 8.24. The fraction of sp³-hybridized carbons (Fsp3) is 0.611. The van der Waals surface area contributed by atoms with Crippen LogP contribution in [-0.4, -0.2) is 27.0 Å². The van der Waals surface area contributed by atoms with Crippen molar-refractivity contribution in [3.63, 3.8) is 0 Å². The van der Waals surface area contributed by atoms with Crippen LogP contribution in [0.4, 0.5) is 0 Å². The van der Waals surface area contributed by atoms with E-state index in [0.29, 0.717) is 12.5 Å². The number of halogens is 1. The van der Waals surface area contributed by atoms with Gasteiger partial charge in [0.1, 0.15) is 0 Å². The molecule has 0 unspecified atom stereocenters. The van der Waals surface area contributed by atoms with Crippen molar-refractivity contribution in [2.24, 2.45) is 10.7 Å². The van der Waals surface area contributed by atoms with Gasteiger partial charge in [-0.05, 0) is 31.4 Å². The average Bonchev–Trinajstić information content (AvgIpc) is 2.52. The van der Waals surface area contributed by atoms with Gasteiger partial charge in [0.25, 0.3) is 0 Å². The number of guanidine groups is 1. The second kappa shape index (κ2) is 13.3. The molecule has 0 amide bonds. The zero-order valence-corrected chi connectivity index (χ0v) is 19.1. The molecular weight excluding hydrogens is 463 g/mol. The molecule has 8 heteroatoms. The van der Waals surface area contributed by atoms with Crippen molar-refractivity contribution in [1.82, 2.24) is 10.0 Å². The number of hydrogen-bond donors (Lipinski definition) is 3. The lowest BCUT2D eigenvalue weighted by atomic mass is 10.1. The summed E-state index contributed by atoms with van der Waals surface area (Å²) in [4.78, 5) is 4.33. The summed E-state index contributed by atoms with van der Waals surface area (Å²) in [6.45, 7) is 6.96. The molecule has 0 aliphatic rings. The van der Waals surface area contributed by atoms with Crippen LogP contribution in [0.25, 0.3) is 0 Å². The van der Waals surface area contributed by atoms with Crippen LogP contribution in [-0.2, 0) is 22.3 Å². The monoisotopic (exact) mass is 496 g/mol. The molecule has 0 saturated carbocycles. The van der Waals surface area contributed by atoms with E-state index in [2.05, 4.69) is 22.0 Å². The van der Waals surface area contributed by atoms with Gasteiger partial charge in [0.05, 0.1) is 12.3 Å². The van der Waals surface area contributed by atoms with Gasteiger partial charge in [-0.15, -0.1) is 24.0 Å². The van der Waals surface area contributed by atoms with Gasteiger partial charge in [0.15, 0.2) is 5.96 Å². The molecule has 0 spiro atoms. The summed E-state index contributed by atoms with van der Waals surface area (Å²) >= 11 is 0. The van der Waals surface area contributed by atoms with E-state index in [4.69, 9.17) is 5.73 Å². The molecule has 0 bridgehead atoms. The molecule has 1 aromatic carbocycles. The molecule has 0 aliphatic carbocycles. The summed E-state index contributed by atoms with van der Waals surface area (Å²) in [6.07, 6.45) is 4.68. The van der Waals surface area contributed by atoms with Crippen molar-refractivity contribution in [2.45, 2.75) is 64.8 Å². The summed E-state index contributed by atoms with van der Waals surface area (Å²) in [5, 5.41) is 3.10. The fourth-order valence-electron chi connectivity index (χ4n) is 2.45. The third-order valence-corrected chi connectivity index (χ3v) is 5.16. The molecule has 6 nitrogen and oxygen atoms in total. The highest BCUT2D eigenvalue weighted by Gasteiger charge is 2.15. The van der Waals surface area contributed by atoms with Crippen LogP contribution < -0.4 is 15.8 Å². The van der Waals surface area contributed by atoms with Gasteiger partial charge >= 0.3 is 0 Å². The summed E-state index contributed by atoms with van der Waals surface area (Å²) in [7, 11) is -3.36. The minimum absolute atomic E-state index is 0. The standard InChI is InChI=1S/C18H32N4O2S.HI/c1-4-5-6-9-12-20-18(19)21-13-16-10-7-8-11-17(16)14-25(23,24)22-15(2)3;/h7-8,10-11,15,22H,4-6,9,12-14H2,1-3H3,(H3,19,20,21);1H. The first-order valence-corrected chi connectivity index (χ1v) is 10.6. The molecule has 26 heavy (non-hydrogen) atoms. The number of rotatable bonds is 11. The van der Waals surface area contributed by atoms with Crippen molar-refractivity contribution < 1.29 is 8.42 Å². The molecule has 0 radical (unpaired) electrons. The van der Waals surface area contributed by atoms with Crippen molar-refractivity contribution in [3.8, 4) is 0 Å². The largest absolute Gasteiger partial charge is 0.370 e. The number of nitrogens with two attached hydrogens (primary N) is 1. The minimum atomic E-state index is -3.36. The maximum atomic E-state index is 12.1. The smallest absolute Gasteiger partial charge is 0.216 e. The third-order valence-electron chi connectivity index (χ3n) is 3.64. The van der Waals surface area contributed by atoms with Crippen LogP contribution in [0.1, 0.15) is 57.6 Å². The predicted molar refractivity (Wildman–Crippen MR) is 120 cm³/mol. The molecule has 0 aromatic heterocycles. The topological polar surface area (TPSA) is 96.6 Å². The lowest BCUT2D eigenvalue weighted by Gasteiger charge is -2.12. The zero-order valence-electron chi connectivity index (χ0n) is 16.0. The Labute approximate surface area is 175 Å². The first-order chi connectivity index (χ1) is 11.8. The lowest BCUT2D eigenvalue weighted by Crippen LogP contribution is -2.32. The predicted octanol–water partition coefficient (Wildman–Crippen LogP) is 3.12. The normalized spacial score (nSPS) is 12.1. The van der Waals surface area contributed by atoms with Crippen molar-refractivity contribution in [1.29, 1.82) is 0 Å². The van der Waals surface area contributed by atoms with Crippen molar-refractivity contribution in [2.75, 3.05) is 6.54 Å². The summed E-state index contributed by atoms with van der Waals surface area (Å²) in [6, 6.07) is 7.30. The maximum Gasteiger partial charge on any atom is 0.216 e. The van der Waals surface area contributed by atoms with Crippen molar-refractivity contribution >= 4 is 40.0 Å². The van der Waals surface area contributed by atoms with E-state index in [1.54, 1.807) is 13.8 Å². The SMILES string of the molecule is CCCCCCNC(N)=NCc1ccccc1CS(=O)(=O)NC(C)C.I. The Morgan fingerprint density at radius 2 is 1.81 bits per heavy atom. The van der Waals surface area contributed by atoms with Crippen LogP contribution in [0.5, 0.6) is 0 Å². The molecule has 1 aromatic rings.